The van der Waals surface area contributed by atoms with Crippen molar-refractivity contribution < 1.29 is 4.79 Å². The van der Waals surface area contributed by atoms with Gasteiger partial charge >= 0.3 is 0 Å². The number of benzene rings is 1. The molecule has 1 amide bonds. The molecule has 0 aromatic heterocycles. The standard InChI is InChI=1S/C16H21NO/c1-11(2)14-10-15(14)12-4-6-13(7-5-12)16(18)17-8-3-9-17/h4-7,11,14-15H,3,8-10H2,1-2H3/t14-,15-/m1/s1. The topological polar surface area (TPSA) is 20.3 Å². The number of hydrogen-bond acceptors (Lipinski definition) is 1. The average Bonchev–Trinajstić information content (AvgIpc) is 3.07. The Morgan fingerprint density at radius 3 is 2.33 bits per heavy atom. The van der Waals surface area contributed by atoms with Crippen LogP contribution in [0.5, 0.6) is 0 Å². The van der Waals surface area contributed by atoms with Gasteiger partial charge in [0, 0.05) is 18.7 Å². The van der Waals surface area contributed by atoms with Crippen LogP contribution in [0.4, 0.5) is 0 Å². The van der Waals surface area contributed by atoms with Gasteiger partial charge in [-0.15, -0.1) is 0 Å². The molecular weight excluding hydrogens is 222 g/mol. The van der Waals surface area contributed by atoms with Crippen molar-refractivity contribution in [3.8, 4) is 0 Å². The van der Waals surface area contributed by atoms with E-state index in [0.29, 0.717) is 0 Å². The number of amides is 1. The van der Waals surface area contributed by atoms with Gasteiger partial charge in [0.1, 0.15) is 0 Å². The van der Waals surface area contributed by atoms with Crippen molar-refractivity contribution in [2.45, 2.75) is 32.6 Å². The van der Waals surface area contributed by atoms with Crippen LogP contribution in [0, 0.1) is 11.8 Å². The van der Waals surface area contributed by atoms with Gasteiger partial charge in [0.15, 0.2) is 0 Å². The fraction of sp³-hybridized carbons (Fsp3) is 0.562. The van der Waals surface area contributed by atoms with E-state index in [1.54, 1.807) is 0 Å². The lowest BCUT2D eigenvalue weighted by Crippen LogP contribution is -2.41. The second kappa shape index (κ2) is 4.42. The van der Waals surface area contributed by atoms with Gasteiger partial charge in [-0.1, -0.05) is 26.0 Å². The van der Waals surface area contributed by atoms with Crippen LogP contribution in [-0.2, 0) is 0 Å². The summed E-state index contributed by atoms with van der Waals surface area (Å²) in [5, 5.41) is 0. The van der Waals surface area contributed by atoms with Gasteiger partial charge in [-0.05, 0) is 48.3 Å². The molecule has 1 aliphatic heterocycles. The summed E-state index contributed by atoms with van der Waals surface area (Å²) in [5.41, 5.74) is 2.26. The predicted octanol–water partition coefficient (Wildman–Crippen LogP) is 3.29. The van der Waals surface area contributed by atoms with Crippen LogP contribution in [0.2, 0.25) is 0 Å². The Bertz CT molecular complexity index is 445. The molecule has 1 aromatic rings. The maximum Gasteiger partial charge on any atom is 0.253 e. The fourth-order valence-electron chi connectivity index (χ4n) is 2.91. The maximum atomic E-state index is 12.0. The van der Waals surface area contributed by atoms with Crippen LogP contribution in [0.25, 0.3) is 0 Å². The molecule has 0 unspecified atom stereocenters. The normalized spacial score (nSPS) is 26.1. The summed E-state index contributed by atoms with van der Waals surface area (Å²) >= 11 is 0. The van der Waals surface area contributed by atoms with Crippen molar-refractivity contribution in [2.24, 2.45) is 11.8 Å². The van der Waals surface area contributed by atoms with E-state index in [0.717, 1.165) is 42.8 Å². The van der Waals surface area contributed by atoms with E-state index in [4.69, 9.17) is 0 Å². The first-order chi connectivity index (χ1) is 8.66. The highest BCUT2D eigenvalue weighted by atomic mass is 16.2. The maximum absolute atomic E-state index is 12.0. The Morgan fingerprint density at radius 1 is 1.22 bits per heavy atom. The van der Waals surface area contributed by atoms with E-state index >= 15 is 0 Å². The second-order valence-electron chi connectivity index (χ2n) is 6.02. The van der Waals surface area contributed by atoms with Crippen molar-refractivity contribution >= 4 is 5.91 Å². The predicted molar refractivity (Wildman–Crippen MR) is 72.6 cm³/mol. The molecule has 1 saturated heterocycles. The Labute approximate surface area is 109 Å². The summed E-state index contributed by atoms with van der Waals surface area (Å²) < 4.78 is 0. The fourth-order valence-corrected chi connectivity index (χ4v) is 2.91. The molecule has 2 aliphatic rings. The summed E-state index contributed by atoms with van der Waals surface area (Å²) in [6.45, 7) is 6.45. The Hall–Kier alpha value is -1.31. The minimum absolute atomic E-state index is 0.198. The van der Waals surface area contributed by atoms with Crippen LogP contribution in [0.1, 0.15) is 48.5 Å². The van der Waals surface area contributed by atoms with Gasteiger partial charge in [-0.3, -0.25) is 4.79 Å². The van der Waals surface area contributed by atoms with E-state index < -0.39 is 0 Å². The minimum Gasteiger partial charge on any atom is -0.339 e. The Balaban J connectivity index is 1.68. The van der Waals surface area contributed by atoms with Gasteiger partial charge in [0.2, 0.25) is 0 Å². The summed E-state index contributed by atoms with van der Waals surface area (Å²) in [6.07, 6.45) is 2.47. The molecule has 3 rings (SSSR count). The highest BCUT2D eigenvalue weighted by Gasteiger charge is 2.40. The first kappa shape index (κ1) is 11.8. The zero-order valence-corrected chi connectivity index (χ0v) is 11.2. The van der Waals surface area contributed by atoms with Crippen molar-refractivity contribution in [3.63, 3.8) is 0 Å². The number of hydrogen-bond donors (Lipinski definition) is 0. The zero-order valence-electron chi connectivity index (χ0n) is 11.2. The SMILES string of the molecule is CC(C)[C@H]1C[C@@H]1c1ccc(C(=O)N2CCC2)cc1. The molecule has 96 valence electrons. The third-order valence-electron chi connectivity index (χ3n) is 4.43. The monoisotopic (exact) mass is 243 g/mol. The lowest BCUT2D eigenvalue weighted by molar-refractivity contribution is 0.0652. The molecule has 2 atom stereocenters. The third kappa shape index (κ3) is 2.05. The summed E-state index contributed by atoms with van der Waals surface area (Å²) in [6, 6.07) is 8.32. The largest absolute Gasteiger partial charge is 0.339 e. The van der Waals surface area contributed by atoms with E-state index in [1.165, 1.54) is 12.0 Å². The van der Waals surface area contributed by atoms with Crippen LogP contribution >= 0.6 is 0 Å². The van der Waals surface area contributed by atoms with Gasteiger partial charge in [-0.25, -0.2) is 0 Å². The number of nitrogens with zero attached hydrogens (tertiary/aromatic N) is 1. The van der Waals surface area contributed by atoms with Crippen molar-refractivity contribution in [1.29, 1.82) is 0 Å². The van der Waals surface area contributed by atoms with Crippen LogP contribution in [0.3, 0.4) is 0 Å². The first-order valence-corrected chi connectivity index (χ1v) is 7.06. The van der Waals surface area contributed by atoms with E-state index in [-0.39, 0.29) is 5.91 Å². The lowest BCUT2D eigenvalue weighted by Gasteiger charge is -2.30. The molecular formula is C16H21NO. The average molecular weight is 243 g/mol. The molecule has 0 bridgehead atoms. The van der Waals surface area contributed by atoms with Crippen molar-refractivity contribution in [3.05, 3.63) is 35.4 Å². The molecule has 1 saturated carbocycles. The Kier molecular flexibility index (Phi) is 2.89. The summed E-state index contributed by atoms with van der Waals surface area (Å²) in [7, 11) is 0. The molecule has 0 radical (unpaired) electrons. The smallest absolute Gasteiger partial charge is 0.253 e. The summed E-state index contributed by atoms with van der Waals surface area (Å²) in [5.74, 6) is 2.56. The first-order valence-electron chi connectivity index (χ1n) is 7.06. The zero-order chi connectivity index (χ0) is 12.7. The van der Waals surface area contributed by atoms with Gasteiger partial charge < -0.3 is 4.90 Å². The molecule has 2 heteroatoms. The van der Waals surface area contributed by atoms with E-state index in [9.17, 15) is 4.79 Å². The number of carbonyl (C=O) groups excluding carboxylic acids is 1. The second-order valence-corrected chi connectivity index (χ2v) is 6.02. The molecule has 18 heavy (non-hydrogen) atoms. The van der Waals surface area contributed by atoms with E-state index in [2.05, 4.69) is 26.0 Å². The molecule has 0 N–H and O–H groups in total. The number of likely N-dealkylation sites (tertiary alicyclic amines) is 1. The van der Waals surface area contributed by atoms with Crippen LogP contribution < -0.4 is 0 Å². The lowest BCUT2D eigenvalue weighted by atomic mass is 10.0. The highest BCUT2D eigenvalue weighted by Crippen LogP contribution is 2.51. The quantitative estimate of drug-likeness (QED) is 0.797. The highest BCUT2D eigenvalue weighted by molar-refractivity contribution is 5.94. The van der Waals surface area contributed by atoms with Gasteiger partial charge in [-0.2, -0.15) is 0 Å². The molecule has 1 aromatic carbocycles. The third-order valence-corrected chi connectivity index (χ3v) is 4.43. The Morgan fingerprint density at radius 2 is 1.89 bits per heavy atom. The molecule has 0 spiro atoms. The summed E-state index contributed by atoms with van der Waals surface area (Å²) in [4.78, 5) is 13.9. The number of rotatable bonds is 3. The minimum atomic E-state index is 0.198. The molecule has 1 aliphatic carbocycles. The van der Waals surface area contributed by atoms with Crippen molar-refractivity contribution in [1.82, 2.24) is 4.90 Å². The molecule has 2 nitrogen and oxygen atoms in total. The van der Waals surface area contributed by atoms with Gasteiger partial charge in [0.25, 0.3) is 5.91 Å². The van der Waals surface area contributed by atoms with Crippen LogP contribution in [0.15, 0.2) is 24.3 Å². The number of carbonyl (C=O) groups is 1. The van der Waals surface area contributed by atoms with Crippen molar-refractivity contribution in [2.75, 3.05) is 13.1 Å². The molecule has 1 heterocycles. The van der Waals surface area contributed by atoms with E-state index in [1.807, 2.05) is 17.0 Å². The van der Waals surface area contributed by atoms with Crippen LogP contribution in [-0.4, -0.2) is 23.9 Å². The van der Waals surface area contributed by atoms with Gasteiger partial charge in [0.05, 0.1) is 0 Å². The molecule has 2 fully saturated rings.